The Balaban J connectivity index is 2.89. The summed E-state index contributed by atoms with van der Waals surface area (Å²) in [5.41, 5.74) is 0.829. The fourth-order valence-corrected chi connectivity index (χ4v) is 2.68. The molecule has 0 N–H and O–H groups in total. The van der Waals surface area contributed by atoms with Gasteiger partial charge in [-0.3, -0.25) is 0 Å². The quantitative estimate of drug-likeness (QED) is 0.621. The van der Waals surface area contributed by atoms with Crippen LogP contribution in [0.5, 0.6) is 0 Å². The molecule has 1 aromatic heterocycles. The molecule has 0 saturated carbocycles. The van der Waals surface area contributed by atoms with Gasteiger partial charge >= 0.3 is 5.97 Å². The first kappa shape index (κ1) is 18.0. The minimum Gasteiger partial charge on any atom is -0.465 e. The van der Waals surface area contributed by atoms with Gasteiger partial charge in [0, 0.05) is 11.8 Å². The molecule has 0 amide bonds. The van der Waals surface area contributed by atoms with Crippen molar-refractivity contribution in [3.63, 3.8) is 0 Å². The lowest BCUT2D eigenvalue weighted by atomic mass is 9.98. The number of halogens is 1. The Kier molecular flexibility index (Phi) is 4.98. The van der Waals surface area contributed by atoms with Crippen LogP contribution in [0.2, 0.25) is 0 Å². The Morgan fingerprint density at radius 1 is 1.17 bits per heavy atom. The molecule has 0 bridgehead atoms. The maximum absolute atomic E-state index is 13.2. The van der Waals surface area contributed by atoms with Crippen molar-refractivity contribution in [2.45, 2.75) is 24.9 Å². The van der Waals surface area contributed by atoms with Crippen LogP contribution in [0, 0.1) is 5.82 Å². The fraction of sp³-hybridized carbons (Fsp3) is 0.312. The lowest BCUT2D eigenvalue weighted by molar-refractivity contribution is 0.0598. The van der Waals surface area contributed by atoms with E-state index < -0.39 is 26.8 Å². The normalized spacial score (nSPS) is 11.6. The third-order valence-corrected chi connectivity index (χ3v) is 4.15. The van der Waals surface area contributed by atoms with Crippen molar-refractivity contribution >= 4 is 15.8 Å². The smallest absolute Gasteiger partial charge is 0.341 e. The number of sulfone groups is 1. The number of aromatic nitrogens is 2. The number of carbonyl (C=O) groups is 1. The van der Waals surface area contributed by atoms with E-state index in [1.54, 1.807) is 13.8 Å². The Labute approximate surface area is 139 Å². The summed E-state index contributed by atoms with van der Waals surface area (Å²) in [4.78, 5) is 20.3. The van der Waals surface area contributed by atoms with Gasteiger partial charge in [0.2, 0.25) is 15.0 Å². The molecule has 0 aliphatic rings. The molecule has 0 fully saturated rings. The van der Waals surface area contributed by atoms with Gasteiger partial charge in [0.1, 0.15) is 11.4 Å². The van der Waals surface area contributed by atoms with Crippen LogP contribution < -0.4 is 0 Å². The highest BCUT2D eigenvalue weighted by atomic mass is 32.2. The molecule has 2 rings (SSSR count). The Hall–Kier alpha value is -2.35. The van der Waals surface area contributed by atoms with Gasteiger partial charge in [-0.15, -0.1) is 0 Å². The molecule has 1 heterocycles. The molecule has 128 valence electrons. The monoisotopic (exact) mass is 352 g/mol. The predicted molar refractivity (Wildman–Crippen MR) is 86.0 cm³/mol. The first-order valence-corrected chi connectivity index (χ1v) is 9.00. The van der Waals surface area contributed by atoms with Crippen molar-refractivity contribution in [3.05, 3.63) is 41.3 Å². The molecule has 0 aliphatic carbocycles. The number of hydrogen-bond donors (Lipinski definition) is 0. The summed E-state index contributed by atoms with van der Waals surface area (Å²) in [6, 6.07) is 5.24. The van der Waals surface area contributed by atoms with E-state index in [9.17, 15) is 17.6 Å². The third-order valence-electron chi connectivity index (χ3n) is 3.30. The molecular weight excluding hydrogens is 335 g/mol. The topological polar surface area (TPSA) is 86.2 Å². The number of ether oxygens (including phenoxy) is 1. The zero-order valence-corrected chi connectivity index (χ0v) is 14.5. The van der Waals surface area contributed by atoms with Gasteiger partial charge in [-0.2, -0.15) is 0 Å². The van der Waals surface area contributed by atoms with Gasteiger partial charge in [-0.05, 0) is 30.2 Å². The summed E-state index contributed by atoms with van der Waals surface area (Å²) in [6.07, 6.45) is 0.985. The highest BCUT2D eigenvalue weighted by Crippen LogP contribution is 2.29. The second-order valence-electron chi connectivity index (χ2n) is 5.54. The van der Waals surface area contributed by atoms with Crippen molar-refractivity contribution in [1.29, 1.82) is 0 Å². The molecule has 0 spiro atoms. The third kappa shape index (κ3) is 3.59. The van der Waals surface area contributed by atoms with Gasteiger partial charge in [0.15, 0.2) is 0 Å². The molecule has 0 radical (unpaired) electrons. The highest BCUT2D eigenvalue weighted by Gasteiger charge is 2.26. The van der Waals surface area contributed by atoms with Gasteiger partial charge < -0.3 is 4.74 Å². The van der Waals surface area contributed by atoms with E-state index in [-0.39, 0.29) is 22.9 Å². The van der Waals surface area contributed by atoms with E-state index in [1.165, 1.54) is 31.4 Å². The molecule has 2 aromatic rings. The molecule has 6 nitrogen and oxygen atoms in total. The number of nitrogens with zero attached hydrogens (tertiary/aromatic N) is 2. The molecule has 0 unspecified atom stereocenters. The SMILES string of the molecule is COC(=O)c1c(-c2ccc(F)cc2)nc(S(C)(=O)=O)nc1C(C)C. The Morgan fingerprint density at radius 3 is 2.21 bits per heavy atom. The minimum absolute atomic E-state index is 0.0755. The second-order valence-corrected chi connectivity index (χ2v) is 7.45. The van der Waals surface area contributed by atoms with Gasteiger partial charge in [0.25, 0.3) is 0 Å². The van der Waals surface area contributed by atoms with Crippen LogP contribution in [0.4, 0.5) is 4.39 Å². The summed E-state index contributed by atoms with van der Waals surface area (Å²) in [5, 5.41) is -0.391. The van der Waals surface area contributed by atoms with Crippen LogP contribution in [-0.2, 0) is 14.6 Å². The van der Waals surface area contributed by atoms with Gasteiger partial charge in [-0.25, -0.2) is 27.6 Å². The Morgan fingerprint density at radius 2 is 1.75 bits per heavy atom. The fourth-order valence-electron chi connectivity index (χ4n) is 2.16. The van der Waals surface area contributed by atoms with Crippen LogP contribution in [0.3, 0.4) is 0 Å². The van der Waals surface area contributed by atoms with E-state index >= 15 is 0 Å². The maximum Gasteiger partial charge on any atom is 0.341 e. The van der Waals surface area contributed by atoms with E-state index in [0.29, 0.717) is 5.56 Å². The average Bonchev–Trinajstić information content (AvgIpc) is 2.52. The number of esters is 1. The standard InChI is InChI=1S/C16H17FN2O4S/c1-9(2)13-12(15(20)23-3)14(10-5-7-11(17)8-6-10)19-16(18-13)24(4,21)22/h5-9H,1-4H3. The molecule has 0 aliphatic heterocycles. The van der Waals surface area contributed by atoms with Crippen molar-refractivity contribution < 1.29 is 22.3 Å². The van der Waals surface area contributed by atoms with Crippen LogP contribution in [0.1, 0.15) is 35.8 Å². The van der Waals surface area contributed by atoms with E-state index in [2.05, 4.69) is 9.97 Å². The van der Waals surface area contributed by atoms with Crippen molar-refractivity contribution in [2.24, 2.45) is 0 Å². The molecule has 0 saturated heterocycles. The molecule has 24 heavy (non-hydrogen) atoms. The number of methoxy groups -OCH3 is 1. The number of benzene rings is 1. The van der Waals surface area contributed by atoms with Crippen molar-refractivity contribution in [1.82, 2.24) is 9.97 Å². The minimum atomic E-state index is -3.70. The summed E-state index contributed by atoms with van der Waals surface area (Å²) >= 11 is 0. The first-order chi connectivity index (χ1) is 11.1. The summed E-state index contributed by atoms with van der Waals surface area (Å²) in [6.45, 7) is 3.55. The lowest BCUT2D eigenvalue weighted by Gasteiger charge is -2.15. The van der Waals surface area contributed by atoms with Crippen LogP contribution in [-0.4, -0.2) is 37.7 Å². The molecule has 0 atom stereocenters. The van der Waals surface area contributed by atoms with Crippen LogP contribution >= 0.6 is 0 Å². The maximum atomic E-state index is 13.2. The van der Waals surface area contributed by atoms with Gasteiger partial charge in [-0.1, -0.05) is 13.8 Å². The molecule has 8 heteroatoms. The predicted octanol–water partition coefficient (Wildman–Crippen LogP) is 2.60. The highest BCUT2D eigenvalue weighted by molar-refractivity contribution is 7.90. The summed E-state index contributed by atoms with van der Waals surface area (Å²) in [5.74, 6) is -1.39. The number of hydrogen-bond acceptors (Lipinski definition) is 6. The summed E-state index contributed by atoms with van der Waals surface area (Å²) in [7, 11) is -2.48. The first-order valence-electron chi connectivity index (χ1n) is 7.11. The zero-order chi connectivity index (χ0) is 18.1. The number of rotatable bonds is 4. The summed E-state index contributed by atoms with van der Waals surface area (Å²) < 4.78 is 41.8. The van der Waals surface area contributed by atoms with E-state index in [0.717, 1.165) is 6.26 Å². The molecular formula is C16H17FN2O4S. The Bertz CT molecular complexity index is 878. The zero-order valence-electron chi connectivity index (χ0n) is 13.7. The van der Waals surface area contributed by atoms with Crippen LogP contribution in [0.15, 0.2) is 29.4 Å². The van der Waals surface area contributed by atoms with Crippen LogP contribution in [0.25, 0.3) is 11.3 Å². The molecule has 1 aromatic carbocycles. The largest absolute Gasteiger partial charge is 0.465 e. The number of carbonyl (C=O) groups excluding carboxylic acids is 1. The second kappa shape index (κ2) is 6.64. The van der Waals surface area contributed by atoms with E-state index in [4.69, 9.17) is 4.74 Å². The lowest BCUT2D eigenvalue weighted by Crippen LogP contribution is -2.16. The van der Waals surface area contributed by atoms with Crippen molar-refractivity contribution in [2.75, 3.05) is 13.4 Å². The van der Waals surface area contributed by atoms with E-state index in [1.807, 2.05) is 0 Å². The van der Waals surface area contributed by atoms with Crippen molar-refractivity contribution in [3.8, 4) is 11.3 Å². The van der Waals surface area contributed by atoms with Gasteiger partial charge in [0.05, 0.1) is 18.5 Å². The average molecular weight is 352 g/mol.